The van der Waals surface area contributed by atoms with Gasteiger partial charge in [0.25, 0.3) is 23.5 Å². The predicted octanol–water partition coefficient (Wildman–Crippen LogP) is 4.24. The highest BCUT2D eigenvalue weighted by Gasteiger charge is 2.47. The van der Waals surface area contributed by atoms with Gasteiger partial charge in [0.15, 0.2) is 5.69 Å². The molecule has 0 aliphatic heterocycles. The lowest BCUT2D eigenvalue weighted by atomic mass is 10.1. The largest absolute Gasteiger partial charge is 0.477 e. The van der Waals surface area contributed by atoms with Crippen LogP contribution < -0.4 is 14.8 Å². The van der Waals surface area contributed by atoms with Crippen molar-refractivity contribution >= 4 is 21.3 Å². The summed E-state index contributed by atoms with van der Waals surface area (Å²) in [6.07, 6.45) is -1.27. The minimum Gasteiger partial charge on any atom is -0.477 e. The summed E-state index contributed by atoms with van der Waals surface area (Å²) in [5, 5.41) is 18.5. The number of benzene rings is 1. The van der Waals surface area contributed by atoms with Gasteiger partial charge in [0.05, 0.1) is 34.8 Å². The van der Waals surface area contributed by atoms with Gasteiger partial charge in [-0.15, -0.1) is 10.2 Å². The Balaban J connectivity index is 1.76. The Hall–Kier alpha value is -4.32. The maximum absolute atomic E-state index is 13.6. The van der Waals surface area contributed by atoms with Gasteiger partial charge in [-0.05, 0) is 43.5 Å². The number of nitrogens with one attached hydrogen (secondary N) is 2. The molecule has 15 heteroatoms. The number of anilines is 1. The lowest BCUT2D eigenvalue weighted by molar-refractivity contribution is -0.142. The van der Waals surface area contributed by atoms with Crippen LogP contribution in [0.3, 0.4) is 0 Å². The van der Waals surface area contributed by atoms with Gasteiger partial charge >= 0.3 is 6.18 Å². The van der Waals surface area contributed by atoms with Gasteiger partial charge in [0.1, 0.15) is 11.0 Å². The summed E-state index contributed by atoms with van der Waals surface area (Å²) in [5.74, 6) is -2.12. The molecule has 4 rings (SSSR count). The summed E-state index contributed by atoms with van der Waals surface area (Å²) < 4.78 is 71.3. The second kappa shape index (κ2) is 9.53. The van der Waals surface area contributed by atoms with Crippen molar-refractivity contribution in [2.45, 2.75) is 36.3 Å². The van der Waals surface area contributed by atoms with Crippen molar-refractivity contribution in [2.75, 3.05) is 18.7 Å². The molecule has 1 atom stereocenters. The van der Waals surface area contributed by atoms with Crippen LogP contribution in [0.1, 0.15) is 40.2 Å². The van der Waals surface area contributed by atoms with Gasteiger partial charge in [-0.2, -0.15) is 18.4 Å². The minimum atomic E-state index is -4.92. The molecular formula is C23H20F3N7O4S. The number of methoxy groups -OCH3 is 1. The summed E-state index contributed by atoms with van der Waals surface area (Å²) in [4.78, 5) is 21.7. The second-order valence-electron chi connectivity index (χ2n) is 8.54. The molecule has 2 heterocycles. The van der Waals surface area contributed by atoms with E-state index in [2.05, 4.69) is 31.6 Å². The van der Waals surface area contributed by atoms with Gasteiger partial charge in [0, 0.05) is 16.8 Å². The number of carbonyl (C=O) groups excluding carboxylic acids is 1. The van der Waals surface area contributed by atoms with Crippen LogP contribution in [0.4, 0.5) is 18.9 Å². The fraction of sp³-hybridized carbons (Fsp3) is 0.304. The standard InChI is InChI=1S/C23H20F3N7O4S/c1-12-16(18(34)30-13-5-4-6-14(9-13)38(3,28)35)19(33-32-17(12)23(24,25)26)37-20-21(36-2)31-15(10-29-20)22(11-27)7-8-22/h4-6,9-10,28H,7-8H2,1-3H3,(H,30,34). The minimum absolute atomic E-state index is 0.0815. The van der Waals surface area contributed by atoms with Crippen molar-refractivity contribution in [1.82, 2.24) is 20.2 Å². The SMILES string of the molecule is COc1nc(C2(C#N)CC2)cnc1Oc1nnc(C(F)(F)F)c(C)c1C(=O)Nc1cccc(S(C)(=N)=O)c1. The lowest BCUT2D eigenvalue weighted by Crippen LogP contribution is -2.21. The second-order valence-corrected chi connectivity index (χ2v) is 10.7. The average Bonchev–Trinajstić information content (AvgIpc) is 3.64. The van der Waals surface area contributed by atoms with Gasteiger partial charge in [-0.3, -0.25) is 4.79 Å². The quantitative estimate of drug-likeness (QED) is 0.440. The maximum Gasteiger partial charge on any atom is 0.435 e. The summed E-state index contributed by atoms with van der Waals surface area (Å²) >= 11 is 0. The fourth-order valence-electron chi connectivity index (χ4n) is 3.55. The number of alkyl halides is 3. The summed E-state index contributed by atoms with van der Waals surface area (Å²) in [6.45, 7) is 1.04. The van der Waals surface area contributed by atoms with Crippen molar-refractivity contribution in [2.24, 2.45) is 0 Å². The molecule has 2 N–H and O–H groups in total. The first-order valence-electron chi connectivity index (χ1n) is 10.9. The number of nitriles is 1. The van der Waals surface area contributed by atoms with Crippen molar-refractivity contribution in [1.29, 1.82) is 10.0 Å². The van der Waals surface area contributed by atoms with E-state index < -0.39 is 49.9 Å². The number of rotatable bonds is 7. The molecule has 3 aromatic rings. The Morgan fingerprint density at radius 2 is 1.95 bits per heavy atom. The molecule has 198 valence electrons. The topological polar surface area (TPSA) is 164 Å². The molecule has 1 saturated carbocycles. The van der Waals surface area contributed by atoms with Crippen LogP contribution >= 0.6 is 0 Å². The number of nitrogens with zero attached hydrogens (tertiary/aromatic N) is 5. The first-order valence-corrected chi connectivity index (χ1v) is 12.9. The van der Waals surface area contributed by atoms with E-state index in [1.165, 1.54) is 43.8 Å². The third-order valence-electron chi connectivity index (χ3n) is 5.77. The Bertz CT molecular complexity index is 1580. The number of aromatic nitrogens is 4. The van der Waals surface area contributed by atoms with Crippen molar-refractivity contribution in [3.05, 3.63) is 53.0 Å². The van der Waals surface area contributed by atoms with Gasteiger partial charge in [-0.25, -0.2) is 19.0 Å². The highest BCUT2D eigenvalue weighted by Crippen LogP contribution is 2.47. The van der Waals surface area contributed by atoms with E-state index in [1.807, 2.05) is 0 Å². The maximum atomic E-state index is 13.6. The van der Waals surface area contributed by atoms with E-state index >= 15 is 0 Å². The Labute approximate surface area is 215 Å². The molecule has 1 aromatic carbocycles. The van der Waals surface area contributed by atoms with Crippen LogP contribution in [-0.4, -0.2) is 43.6 Å². The first kappa shape index (κ1) is 26.7. The zero-order chi connectivity index (χ0) is 27.9. The highest BCUT2D eigenvalue weighted by atomic mass is 32.2. The van der Waals surface area contributed by atoms with E-state index in [4.69, 9.17) is 14.3 Å². The van der Waals surface area contributed by atoms with Crippen LogP contribution in [0.5, 0.6) is 17.6 Å². The molecule has 0 saturated heterocycles. The van der Waals surface area contributed by atoms with Crippen LogP contribution in [0, 0.1) is 23.0 Å². The Kier molecular flexibility index (Phi) is 6.70. The molecule has 38 heavy (non-hydrogen) atoms. The number of halogens is 3. The average molecular weight is 548 g/mol. The smallest absolute Gasteiger partial charge is 0.435 e. The summed E-state index contributed by atoms with van der Waals surface area (Å²) in [5.41, 5.74) is -2.92. The van der Waals surface area contributed by atoms with E-state index in [9.17, 15) is 27.4 Å². The molecular weight excluding hydrogens is 527 g/mol. The summed E-state index contributed by atoms with van der Waals surface area (Å²) in [6, 6.07) is 7.72. The number of hydrogen-bond donors (Lipinski definition) is 2. The lowest BCUT2D eigenvalue weighted by Gasteiger charge is -2.16. The molecule has 1 fully saturated rings. The molecule has 1 unspecified atom stereocenters. The highest BCUT2D eigenvalue weighted by molar-refractivity contribution is 7.91. The van der Waals surface area contributed by atoms with Crippen molar-refractivity contribution in [3.63, 3.8) is 0 Å². The Morgan fingerprint density at radius 3 is 2.53 bits per heavy atom. The molecule has 1 amide bonds. The molecule has 0 bridgehead atoms. The zero-order valence-corrected chi connectivity index (χ0v) is 21.0. The summed E-state index contributed by atoms with van der Waals surface area (Å²) in [7, 11) is -1.87. The zero-order valence-electron chi connectivity index (χ0n) is 20.2. The normalized spacial score (nSPS) is 15.6. The monoisotopic (exact) mass is 547 g/mol. The molecule has 0 spiro atoms. The van der Waals surface area contributed by atoms with Crippen LogP contribution in [0.15, 0.2) is 35.4 Å². The third kappa shape index (κ3) is 5.21. The molecule has 1 aliphatic carbocycles. The van der Waals surface area contributed by atoms with Crippen molar-refractivity contribution < 1.29 is 31.6 Å². The molecule has 0 radical (unpaired) electrons. The van der Waals surface area contributed by atoms with E-state index in [0.717, 1.165) is 6.92 Å². The van der Waals surface area contributed by atoms with Gasteiger partial charge in [0.2, 0.25) is 0 Å². The van der Waals surface area contributed by atoms with E-state index in [-0.39, 0.29) is 22.3 Å². The third-order valence-corrected chi connectivity index (χ3v) is 6.93. The van der Waals surface area contributed by atoms with Crippen LogP contribution in [0.2, 0.25) is 0 Å². The van der Waals surface area contributed by atoms with Crippen LogP contribution in [-0.2, 0) is 21.3 Å². The van der Waals surface area contributed by atoms with Gasteiger partial charge < -0.3 is 14.8 Å². The van der Waals surface area contributed by atoms with Crippen LogP contribution in [0.25, 0.3) is 0 Å². The van der Waals surface area contributed by atoms with Gasteiger partial charge in [-0.1, -0.05) is 6.07 Å². The molecule has 11 nitrogen and oxygen atoms in total. The number of carbonyl (C=O) groups is 1. The molecule has 1 aliphatic rings. The van der Waals surface area contributed by atoms with E-state index in [1.54, 1.807) is 0 Å². The Morgan fingerprint density at radius 1 is 1.24 bits per heavy atom. The van der Waals surface area contributed by atoms with Crippen molar-refractivity contribution in [3.8, 4) is 23.7 Å². The predicted molar refractivity (Wildman–Crippen MR) is 126 cm³/mol. The molecule has 2 aromatic heterocycles. The number of amides is 1. The number of hydrogen-bond acceptors (Lipinski definition) is 10. The fourth-order valence-corrected chi connectivity index (χ4v) is 4.24. The first-order chi connectivity index (χ1) is 17.8. The van der Waals surface area contributed by atoms with E-state index in [0.29, 0.717) is 18.5 Å². The number of ether oxygens (including phenoxy) is 2.